The molecule has 1 amide bonds. The summed E-state index contributed by atoms with van der Waals surface area (Å²) < 4.78 is 12.3. The van der Waals surface area contributed by atoms with Crippen LogP contribution in [0.2, 0.25) is 0 Å². The number of hydrogen-bond donors (Lipinski definition) is 0. The van der Waals surface area contributed by atoms with Crippen LogP contribution in [0.1, 0.15) is 42.5 Å². The summed E-state index contributed by atoms with van der Waals surface area (Å²) in [6.07, 6.45) is 2.86. The molecule has 2 aliphatic rings. The molecule has 1 aromatic rings. The first-order valence-electron chi connectivity index (χ1n) is 8.42. The summed E-state index contributed by atoms with van der Waals surface area (Å²) in [7, 11) is 0. The van der Waals surface area contributed by atoms with Crippen molar-refractivity contribution in [1.82, 2.24) is 4.90 Å². The Bertz CT molecular complexity index is 586. The fourth-order valence-corrected chi connectivity index (χ4v) is 3.49. The Morgan fingerprint density at radius 2 is 1.67 bits per heavy atom. The third-order valence-corrected chi connectivity index (χ3v) is 5.18. The number of hydrogen-bond acceptors (Lipinski definition) is 4. The van der Waals surface area contributed by atoms with Crippen molar-refractivity contribution in [2.24, 2.45) is 0 Å². The summed E-state index contributed by atoms with van der Waals surface area (Å²) >= 11 is 3.35. The van der Waals surface area contributed by atoms with Crippen LogP contribution in [0, 0.1) is 0 Å². The highest BCUT2D eigenvalue weighted by molar-refractivity contribution is 9.10. The van der Waals surface area contributed by atoms with Gasteiger partial charge in [-0.3, -0.25) is 9.59 Å². The second kappa shape index (κ2) is 7.76. The molecule has 2 aliphatic heterocycles. The quantitative estimate of drug-likeness (QED) is 0.718. The second-order valence-electron chi connectivity index (χ2n) is 6.27. The van der Waals surface area contributed by atoms with Gasteiger partial charge in [-0.1, -0.05) is 28.1 Å². The van der Waals surface area contributed by atoms with Crippen molar-refractivity contribution >= 4 is 27.6 Å². The Labute approximate surface area is 150 Å². The lowest BCUT2D eigenvalue weighted by molar-refractivity contribution is -0.187. The van der Waals surface area contributed by atoms with Gasteiger partial charge >= 0.3 is 0 Å². The molecule has 2 heterocycles. The molecule has 6 heteroatoms. The molecule has 2 fully saturated rings. The molecule has 0 unspecified atom stereocenters. The highest BCUT2D eigenvalue weighted by Gasteiger charge is 2.40. The van der Waals surface area contributed by atoms with Crippen molar-refractivity contribution in [2.75, 3.05) is 26.3 Å². The maximum atomic E-state index is 12.3. The van der Waals surface area contributed by atoms with Crippen LogP contribution < -0.4 is 0 Å². The third kappa shape index (κ3) is 4.23. The number of carbonyl (C=O) groups is 2. The number of ether oxygens (including phenoxy) is 2. The molecule has 0 N–H and O–H groups in total. The molecule has 130 valence electrons. The second-order valence-corrected chi connectivity index (χ2v) is 7.19. The van der Waals surface area contributed by atoms with E-state index < -0.39 is 5.79 Å². The van der Waals surface area contributed by atoms with Crippen LogP contribution in [0.5, 0.6) is 0 Å². The minimum absolute atomic E-state index is 0.0839. The molecule has 0 bridgehead atoms. The Balaban J connectivity index is 1.40. The minimum Gasteiger partial charge on any atom is -0.347 e. The molecule has 0 aliphatic carbocycles. The van der Waals surface area contributed by atoms with Gasteiger partial charge < -0.3 is 14.4 Å². The maximum absolute atomic E-state index is 12.3. The fourth-order valence-electron chi connectivity index (χ4n) is 3.22. The van der Waals surface area contributed by atoms with Crippen molar-refractivity contribution < 1.29 is 19.1 Å². The number of amides is 1. The van der Waals surface area contributed by atoms with Crippen molar-refractivity contribution in [3.8, 4) is 0 Å². The molecule has 0 radical (unpaired) electrons. The van der Waals surface area contributed by atoms with Crippen LogP contribution in [0.25, 0.3) is 0 Å². The number of carbonyl (C=O) groups excluding carboxylic acids is 2. The molecular weight excluding hydrogens is 374 g/mol. The van der Waals surface area contributed by atoms with E-state index in [1.54, 1.807) is 12.1 Å². The third-order valence-electron chi connectivity index (χ3n) is 4.65. The Morgan fingerprint density at radius 3 is 2.29 bits per heavy atom. The lowest BCUT2D eigenvalue weighted by Crippen LogP contribution is -2.47. The predicted molar refractivity (Wildman–Crippen MR) is 92.8 cm³/mol. The first-order chi connectivity index (χ1) is 11.6. The van der Waals surface area contributed by atoms with Gasteiger partial charge in [0.1, 0.15) is 0 Å². The van der Waals surface area contributed by atoms with Crippen molar-refractivity contribution in [1.29, 1.82) is 0 Å². The predicted octanol–water partition coefficient (Wildman–Crippen LogP) is 3.17. The highest BCUT2D eigenvalue weighted by Crippen LogP contribution is 2.31. The van der Waals surface area contributed by atoms with E-state index in [1.807, 2.05) is 17.0 Å². The van der Waals surface area contributed by atoms with Crippen LogP contribution in [0.4, 0.5) is 0 Å². The van der Waals surface area contributed by atoms with E-state index in [0.717, 1.165) is 17.3 Å². The number of rotatable bonds is 5. The summed E-state index contributed by atoms with van der Waals surface area (Å²) in [5.41, 5.74) is 0.695. The number of halogens is 1. The molecule has 0 aromatic heterocycles. The SMILES string of the molecule is O=C(CCCC(=O)N1CCC2(CC1)OCCO2)c1ccc(Br)cc1. The standard InChI is InChI=1S/C18H22BrNO4/c19-15-6-4-14(5-7-15)16(21)2-1-3-17(22)20-10-8-18(9-11-20)23-12-13-24-18/h4-7H,1-3,8-13H2. The van der Waals surface area contributed by atoms with E-state index in [2.05, 4.69) is 15.9 Å². The Hall–Kier alpha value is -1.24. The van der Waals surface area contributed by atoms with Crippen LogP contribution in [-0.4, -0.2) is 48.7 Å². The molecule has 5 nitrogen and oxygen atoms in total. The smallest absolute Gasteiger partial charge is 0.222 e. The summed E-state index contributed by atoms with van der Waals surface area (Å²) in [4.78, 5) is 26.3. The number of ketones is 1. The maximum Gasteiger partial charge on any atom is 0.222 e. The van der Waals surface area contributed by atoms with Gasteiger partial charge in [-0.2, -0.15) is 0 Å². The summed E-state index contributed by atoms with van der Waals surface area (Å²) in [6, 6.07) is 7.32. The lowest BCUT2D eigenvalue weighted by atomic mass is 10.0. The Morgan fingerprint density at radius 1 is 1.04 bits per heavy atom. The van der Waals surface area contributed by atoms with Crippen LogP contribution in [0.3, 0.4) is 0 Å². The lowest BCUT2D eigenvalue weighted by Gasteiger charge is -2.37. The van der Waals surface area contributed by atoms with E-state index in [1.165, 1.54) is 0 Å². The molecular formula is C18H22BrNO4. The molecule has 3 rings (SSSR count). The number of Topliss-reactive ketones (excluding diaryl/α,β-unsaturated/α-hetero) is 1. The summed E-state index contributed by atoms with van der Waals surface area (Å²) in [5.74, 6) is -0.249. The van der Waals surface area contributed by atoms with Crippen LogP contribution >= 0.6 is 15.9 Å². The van der Waals surface area contributed by atoms with Gasteiger partial charge in [0.05, 0.1) is 13.2 Å². The average Bonchev–Trinajstić information content (AvgIpc) is 3.04. The van der Waals surface area contributed by atoms with Crippen LogP contribution in [0.15, 0.2) is 28.7 Å². The van der Waals surface area contributed by atoms with Crippen molar-refractivity contribution in [2.45, 2.75) is 37.9 Å². The topological polar surface area (TPSA) is 55.8 Å². The average molecular weight is 396 g/mol. The van der Waals surface area contributed by atoms with Gasteiger partial charge in [-0.25, -0.2) is 0 Å². The summed E-state index contributed by atoms with van der Waals surface area (Å²) in [5, 5.41) is 0. The van der Waals surface area contributed by atoms with Crippen LogP contribution in [-0.2, 0) is 14.3 Å². The molecule has 1 aromatic carbocycles. The molecule has 0 saturated carbocycles. The van der Waals surface area contributed by atoms with Crippen molar-refractivity contribution in [3.05, 3.63) is 34.3 Å². The van der Waals surface area contributed by atoms with Gasteiger partial charge in [0, 0.05) is 48.8 Å². The van der Waals surface area contributed by atoms with E-state index in [0.29, 0.717) is 51.1 Å². The fraction of sp³-hybridized carbons (Fsp3) is 0.556. The Kier molecular flexibility index (Phi) is 5.69. The highest BCUT2D eigenvalue weighted by atomic mass is 79.9. The number of benzene rings is 1. The number of piperidine rings is 1. The minimum atomic E-state index is -0.450. The largest absolute Gasteiger partial charge is 0.347 e. The van der Waals surface area contributed by atoms with Crippen molar-refractivity contribution in [3.63, 3.8) is 0 Å². The van der Waals surface area contributed by atoms with E-state index in [-0.39, 0.29) is 11.7 Å². The van der Waals surface area contributed by atoms with Gasteiger partial charge in [0.25, 0.3) is 0 Å². The van der Waals surface area contributed by atoms with Gasteiger partial charge in [-0.15, -0.1) is 0 Å². The first kappa shape index (κ1) is 17.6. The first-order valence-corrected chi connectivity index (χ1v) is 9.22. The molecule has 0 atom stereocenters. The number of likely N-dealkylation sites (tertiary alicyclic amines) is 1. The zero-order valence-corrected chi connectivity index (χ0v) is 15.2. The normalized spacial score (nSPS) is 19.6. The number of nitrogens with zero attached hydrogens (tertiary/aromatic N) is 1. The molecule has 2 saturated heterocycles. The zero-order chi connectivity index (χ0) is 17.0. The monoisotopic (exact) mass is 395 g/mol. The molecule has 24 heavy (non-hydrogen) atoms. The van der Waals surface area contributed by atoms with E-state index in [9.17, 15) is 9.59 Å². The summed E-state index contributed by atoms with van der Waals surface area (Å²) in [6.45, 7) is 2.62. The van der Waals surface area contributed by atoms with E-state index in [4.69, 9.17) is 9.47 Å². The zero-order valence-electron chi connectivity index (χ0n) is 13.6. The van der Waals surface area contributed by atoms with Gasteiger partial charge in [0.2, 0.25) is 5.91 Å². The van der Waals surface area contributed by atoms with E-state index >= 15 is 0 Å². The molecule has 1 spiro atoms. The van der Waals surface area contributed by atoms with Gasteiger partial charge in [0.15, 0.2) is 11.6 Å². The van der Waals surface area contributed by atoms with Gasteiger partial charge in [-0.05, 0) is 18.6 Å².